The van der Waals surface area contributed by atoms with E-state index >= 15 is 0 Å². The minimum Gasteiger partial charge on any atom is -0.383 e. The van der Waals surface area contributed by atoms with Gasteiger partial charge in [0.25, 0.3) is 6.43 Å². The molecule has 1 fully saturated rings. The Labute approximate surface area is 69.3 Å². The van der Waals surface area contributed by atoms with E-state index in [1.54, 1.807) is 0 Å². The molecule has 1 saturated heterocycles. The summed E-state index contributed by atoms with van der Waals surface area (Å²) in [5.41, 5.74) is -2.31. The normalized spacial score (nSPS) is 35.3. The third-order valence-electron chi connectivity index (χ3n) is 1.94. The van der Waals surface area contributed by atoms with E-state index in [4.69, 9.17) is 5.11 Å². The standard InChI is InChI=1S/C6H10F2O3S/c7-5(8)6(9)2-1-3-12(10,11)4-6/h5,9H,1-4H2. The van der Waals surface area contributed by atoms with Crippen LogP contribution in [-0.2, 0) is 9.84 Å². The lowest BCUT2D eigenvalue weighted by molar-refractivity contribution is -0.0873. The maximum Gasteiger partial charge on any atom is 0.267 e. The van der Waals surface area contributed by atoms with Gasteiger partial charge in [-0.2, -0.15) is 0 Å². The van der Waals surface area contributed by atoms with E-state index < -0.39 is 27.6 Å². The smallest absolute Gasteiger partial charge is 0.267 e. The molecule has 0 aromatic heterocycles. The van der Waals surface area contributed by atoms with Crippen molar-refractivity contribution in [3.8, 4) is 0 Å². The van der Waals surface area contributed by atoms with Gasteiger partial charge in [0, 0.05) is 0 Å². The first-order chi connectivity index (χ1) is 5.36. The molecule has 6 heteroatoms. The van der Waals surface area contributed by atoms with Gasteiger partial charge in [0.15, 0.2) is 9.84 Å². The van der Waals surface area contributed by atoms with E-state index in [0.717, 1.165) is 0 Å². The topological polar surface area (TPSA) is 54.4 Å². The van der Waals surface area contributed by atoms with Crippen molar-refractivity contribution in [1.82, 2.24) is 0 Å². The number of alkyl halides is 2. The maximum atomic E-state index is 12.1. The summed E-state index contributed by atoms with van der Waals surface area (Å²) >= 11 is 0. The number of sulfone groups is 1. The third-order valence-corrected chi connectivity index (χ3v) is 3.79. The van der Waals surface area contributed by atoms with Crippen LogP contribution in [0.15, 0.2) is 0 Å². The molecule has 0 bridgehead atoms. The van der Waals surface area contributed by atoms with Crippen molar-refractivity contribution in [2.75, 3.05) is 11.5 Å². The minimum atomic E-state index is -3.47. The summed E-state index contributed by atoms with van der Waals surface area (Å²) in [7, 11) is -3.47. The third kappa shape index (κ3) is 1.92. The molecule has 0 saturated carbocycles. The second-order valence-electron chi connectivity index (χ2n) is 3.10. The molecule has 0 amide bonds. The Kier molecular flexibility index (Phi) is 2.40. The summed E-state index contributed by atoms with van der Waals surface area (Å²) in [6, 6.07) is 0. The molecule has 1 N–H and O–H groups in total. The number of rotatable bonds is 1. The van der Waals surface area contributed by atoms with Crippen molar-refractivity contribution in [2.45, 2.75) is 24.9 Å². The number of hydrogen-bond acceptors (Lipinski definition) is 3. The van der Waals surface area contributed by atoms with E-state index in [-0.39, 0.29) is 18.6 Å². The average Bonchev–Trinajstić information content (AvgIpc) is 1.83. The van der Waals surface area contributed by atoms with Crippen molar-refractivity contribution >= 4 is 9.84 Å². The lowest BCUT2D eigenvalue weighted by atomic mass is 10.0. The molecule has 3 nitrogen and oxygen atoms in total. The van der Waals surface area contributed by atoms with Crippen LogP contribution >= 0.6 is 0 Å². The quantitative estimate of drug-likeness (QED) is 0.657. The lowest BCUT2D eigenvalue weighted by Crippen LogP contribution is -2.47. The molecule has 12 heavy (non-hydrogen) atoms. The largest absolute Gasteiger partial charge is 0.383 e. The van der Waals surface area contributed by atoms with Gasteiger partial charge < -0.3 is 5.11 Å². The molecule has 72 valence electrons. The van der Waals surface area contributed by atoms with Crippen LogP contribution in [0.5, 0.6) is 0 Å². The van der Waals surface area contributed by atoms with Gasteiger partial charge in [-0.3, -0.25) is 0 Å². The van der Waals surface area contributed by atoms with Crippen molar-refractivity contribution in [3.63, 3.8) is 0 Å². The molecule has 0 aromatic rings. The molecule has 0 aromatic carbocycles. The van der Waals surface area contributed by atoms with Gasteiger partial charge in [-0.1, -0.05) is 0 Å². The molecule has 1 unspecified atom stereocenters. The zero-order valence-corrected chi connectivity index (χ0v) is 7.15. The summed E-state index contributed by atoms with van der Waals surface area (Å²) in [6.07, 6.45) is -3.00. The molecule has 1 rings (SSSR count). The highest BCUT2D eigenvalue weighted by molar-refractivity contribution is 7.91. The Bertz CT molecular complexity index is 262. The highest BCUT2D eigenvalue weighted by Crippen LogP contribution is 2.28. The molecule has 1 heterocycles. The molecule has 1 aliphatic heterocycles. The van der Waals surface area contributed by atoms with E-state index in [1.807, 2.05) is 0 Å². The zero-order valence-electron chi connectivity index (χ0n) is 6.33. The predicted octanol–water partition coefficient (Wildman–Crippen LogP) is 0.191. The van der Waals surface area contributed by atoms with Crippen LogP contribution in [0.2, 0.25) is 0 Å². The second-order valence-corrected chi connectivity index (χ2v) is 5.28. The molecule has 1 atom stereocenters. The summed E-state index contributed by atoms with van der Waals surface area (Å²) in [6.45, 7) is 0. The summed E-state index contributed by atoms with van der Waals surface area (Å²) in [4.78, 5) is 0. The van der Waals surface area contributed by atoms with E-state index in [2.05, 4.69) is 0 Å². The fourth-order valence-corrected chi connectivity index (χ4v) is 3.06. The fourth-order valence-electron chi connectivity index (χ4n) is 1.30. The zero-order chi connectivity index (χ0) is 9.41. The van der Waals surface area contributed by atoms with Crippen molar-refractivity contribution < 1.29 is 22.3 Å². The van der Waals surface area contributed by atoms with Gasteiger partial charge in [0.05, 0.1) is 11.5 Å². The Morgan fingerprint density at radius 1 is 1.42 bits per heavy atom. The SMILES string of the molecule is O=S1(=O)CCCC(O)(C(F)F)C1. The number of aliphatic hydroxyl groups is 1. The molecule has 0 spiro atoms. The predicted molar refractivity (Wildman–Crippen MR) is 38.8 cm³/mol. The van der Waals surface area contributed by atoms with Gasteiger partial charge in [-0.15, -0.1) is 0 Å². The van der Waals surface area contributed by atoms with Crippen LogP contribution in [0, 0.1) is 0 Å². The Morgan fingerprint density at radius 3 is 2.33 bits per heavy atom. The van der Waals surface area contributed by atoms with Crippen LogP contribution in [0.4, 0.5) is 8.78 Å². The van der Waals surface area contributed by atoms with Crippen molar-refractivity contribution in [3.05, 3.63) is 0 Å². The Hall–Kier alpha value is -0.230. The highest BCUT2D eigenvalue weighted by atomic mass is 32.2. The lowest BCUT2D eigenvalue weighted by Gasteiger charge is -2.30. The summed E-state index contributed by atoms with van der Waals surface area (Å²) < 4.78 is 46.0. The number of hydrogen-bond donors (Lipinski definition) is 1. The minimum absolute atomic E-state index is 0.0952. The first kappa shape index (κ1) is 9.85. The highest BCUT2D eigenvalue weighted by Gasteiger charge is 2.44. The summed E-state index contributed by atoms with van der Waals surface area (Å²) in [5, 5.41) is 9.15. The van der Waals surface area contributed by atoms with Gasteiger partial charge >= 0.3 is 0 Å². The van der Waals surface area contributed by atoms with Gasteiger partial charge in [-0.05, 0) is 12.8 Å². The van der Waals surface area contributed by atoms with Crippen LogP contribution in [-0.4, -0.2) is 37.1 Å². The van der Waals surface area contributed by atoms with Crippen LogP contribution in [0.3, 0.4) is 0 Å². The maximum absolute atomic E-state index is 12.1. The first-order valence-electron chi connectivity index (χ1n) is 3.57. The Balaban J connectivity index is 2.82. The van der Waals surface area contributed by atoms with E-state index in [9.17, 15) is 17.2 Å². The van der Waals surface area contributed by atoms with E-state index in [1.165, 1.54) is 0 Å². The van der Waals surface area contributed by atoms with Crippen molar-refractivity contribution in [2.24, 2.45) is 0 Å². The van der Waals surface area contributed by atoms with Crippen LogP contribution in [0.1, 0.15) is 12.8 Å². The first-order valence-corrected chi connectivity index (χ1v) is 5.39. The van der Waals surface area contributed by atoms with Crippen LogP contribution in [0.25, 0.3) is 0 Å². The van der Waals surface area contributed by atoms with E-state index in [0.29, 0.717) is 0 Å². The molecular weight excluding hydrogens is 190 g/mol. The monoisotopic (exact) mass is 200 g/mol. The van der Waals surface area contributed by atoms with Crippen LogP contribution < -0.4 is 0 Å². The summed E-state index contributed by atoms with van der Waals surface area (Å²) in [5.74, 6) is -0.903. The van der Waals surface area contributed by atoms with Gasteiger partial charge in [0.2, 0.25) is 0 Å². The van der Waals surface area contributed by atoms with Gasteiger partial charge in [-0.25, -0.2) is 17.2 Å². The molecule has 1 aliphatic rings. The number of halogens is 2. The van der Waals surface area contributed by atoms with Gasteiger partial charge in [0.1, 0.15) is 5.60 Å². The van der Waals surface area contributed by atoms with Crippen molar-refractivity contribution in [1.29, 1.82) is 0 Å². The fraction of sp³-hybridized carbons (Fsp3) is 1.00. The average molecular weight is 200 g/mol. The molecular formula is C6H10F2O3S. The second kappa shape index (κ2) is 2.92. The Morgan fingerprint density at radius 2 is 2.00 bits per heavy atom. The molecule has 0 aliphatic carbocycles. The molecule has 0 radical (unpaired) electrons.